The molecule has 1 aliphatic heterocycles. The first-order valence-electron chi connectivity index (χ1n) is 4.52. The van der Waals surface area contributed by atoms with Crippen LogP contribution in [0, 0.1) is 5.41 Å². The molecule has 2 rings (SSSR count). The van der Waals surface area contributed by atoms with Gasteiger partial charge in [0.1, 0.15) is 0 Å². The van der Waals surface area contributed by atoms with Crippen molar-refractivity contribution in [3.8, 4) is 0 Å². The van der Waals surface area contributed by atoms with Gasteiger partial charge in [-0.3, -0.25) is 0 Å². The van der Waals surface area contributed by atoms with Crippen LogP contribution >= 0.6 is 11.6 Å². The Morgan fingerprint density at radius 1 is 1.45 bits per heavy atom. The Kier molecular flexibility index (Phi) is 2.11. The fourth-order valence-corrected chi connectivity index (χ4v) is 2.23. The Bertz CT molecular complexity index is 133. The molecule has 1 unspecified atom stereocenters. The summed E-state index contributed by atoms with van der Waals surface area (Å²) in [5, 5.41) is 0. The van der Waals surface area contributed by atoms with Gasteiger partial charge in [0.15, 0.2) is 0 Å². The van der Waals surface area contributed by atoms with Gasteiger partial charge in [0.25, 0.3) is 0 Å². The highest BCUT2D eigenvalue weighted by molar-refractivity contribution is 6.18. The summed E-state index contributed by atoms with van der Waals surface area (Å²) in [6, 6.07) is 0. The SMILES string of the molecule is ClCC1(CCC2CO2)CCC1. The molecule has 1 heterocycles. The van der Waals surface area contributed by atoms with Crippen molar-refractivity contribution in [1.29, 1.82) is 0 Å². The third-order valence-corrected chi connectivity index (χ3v) is 3.66. The maximum absolute atomic E-state index is 5.92. The van der Waals surface area contributed by atoms with Crippen LogP contribution in [-0.2, 0) is 4.74 Å². The predicted octanol–water partition coefficient (Wildman–Crippen LogP) is 2.57. The van der Waals surface area contributed by atoms with Gasteiger partial charge in [-0.15, -0.1) is 11.6 Å². The average Bonchev–Trinajstić information content (AvgIpc) is 2.70. The standard InChI is InChI=1S/C9H15ClO/c10-7-9(3-1-4-9)5-2-8-6-11-8/h8H,1-7H2. The molecule has 2 aliphatic rings. The zero-order valence-electron chi connectivity index (χ0n) is 6.81. The highest BCUT2D eigenvalue weighted by Gasteiger charge is 2.37. The summed E-state index contributed by atoms with van der Waals surface area (Å²) in [7, 11) is 0. The molecule has 0 aromatic rings. The second-order valence-electron chi connectivity index (χ2n) is 3.98. The minimum Gasteiger partial charge on any atom is -0.373 e. The Hall–Kier alpha value is 0.250. The molecular formula is C9H15ClO. The fourth-order valence-electron chi connectivity index (χ4n) is 1.83. The minimum atomic E-state index is 0.521. The summed E-state index contributed by atoms with van der Waals surface area (Å²) in [5.41, 5.74) is 0.521. The molecule has 1 atom stereocenters. The molecule has 0 spiro atoms. The molecule has 0 aromatic carbocycles. The number of epoxide rings is 1. The van der Waals surface area contributed by atoms with Gasteiger partial charge in [0, 0.05) is 5.88 Å². The second-order valence-corrected chi connectivity index (χ2v) is 4.25. The van der Waals surface area contributed by atoms with E-state index in [0.29, 0.717) is 11.5 Å². The minimum absolute atomic E-state index is 0.521. The van der Waals surface area contributed by atoms with Crippen molar-refractivity contribution in [1.82, 2.24) is 0 Å². The third kappa shape index (κ3) is 1.70. The van der Waals surface area contributed by atoms with Crippen molar-refractivity contribution in [2.24, 2.45) is 5.41 Å². The highest BCUT2D eigenvalue weighted by Crippen LogP contribution is 2.46. The lowest BCUT2D eigenvalue weighted by Gasteiger charge is -2.40. The maximum Gasteiger partial charge on any atom is 0.0810 e. The molecule has 0 N–H and O–H groups in total. The highest BCUT2D eigenvalue weighted by atomic mass is 35.5. The van der Waals surface area contributed by atoms with Crippen LogP contribution in [0.5, 0.6) is 0 Å². The predicted molar refractivity (Wildman–Crippen MR) is 46.0 cm³/mol. The van der Waals surface area contributed by atoms with Crippen LogP contribution < -0.4 is 0 Å². The largest absolute Gasteiger partial charge is 0.373 e. The number of hydrogen-bond acceptors (Lipinski definition) is 1. The van der Waals surface area contributed by atoms with Crippen LogP contribution in [0.3, 0.4) is 0 Å². The summed E-state index contributed by atoms with van der Waals surface area (Å²) in [4.78, 5) is 0. The van der Waals surface area contributed by atoms with E-state index in [-0.39, 0.29) is 0 Å². The van der Waals surface area contributed by atoms with Crippen molar-refractivity contribution in [3.05, 3.63) is 0 Å². The first-order chi connectivity index (χ1) is 5.35. The van der Waals surface area contributed by atoms with Gasteiger partial charge in [-0.25, -0.2) is 0 Å². The number of hydrogen-bond donors (Lipinski definition) is 0. The summed E-state index contributed by atoms with van der Waals surface area (Å²) in [5.74, 6) is 0.861. The van der Waals surface area contributed by atoms with Crippen LogP contribution in [0.15, 0.2) is 0 Å². The van der Waals surface area contributed by atoms with Crippen molar-refractivity contribution < 1.29 is 4.74 Å². The van der Waals surface area contributed by atoms with Crippen molar-refractivity contribution in [3.63, 3.8) is 0 Å². The lowest BCUT2D eigenvalue weighted by molar-refractivity contribution is 0.142. The van der Waals surface area contributed by atoms with E-state index in [1.165, 1.54) is 32.1 Å². The molecule has 0 bridgehead atoms. The van der Waals surface area contributed by atoms with Crippen LogP contribution in [0.4, 0.5) is 0 Å². The number of halogens is 1. The van der Waals surface area contributed by atoms with Crippen molar-refractivity contribution in [2.45, 2.75) is 38.2 Å². The van der Waals surface area contributed by atoms with E-state index in [1.54, 1.807) is 0 Å². The normalized spacial score (nSPS) is 33.0. The van der Waals surface area contributed by atoms with Gasteiger partial charge in [-0.1, -0.05) is 6.42 Å². The second kappa shape index (κ2) is 2.95. The Labute approximate surface area is 73.1 Å². The van der Waals surface area contributed by atoms with Crippen molar-refractivity contribution in [2.75, 3.05) is 12.5 Å². The quantitative estimate of drug-likeness (QED) is 0.472. The average molecular weight is 175 g/mol. The summed E-state index contributed by atoms with van der Waals surface area (Å²) in [6.07, 6.45) is 7.22. The van der Waals surface area contributed by atoms with E-state index in [4.69, 9.17) is 16.3 Å². The molecule has 0 aromatic heterocycles. The topological polar surface area (TPSA) is 12.5 Å². The first-order valence-corrected chi connectivity index (χ1v) is 5.06. The lowest BCUT2D eigenvalue weighted by atomic mass is 9.67. The zero-order chi connectivity index (χ0) is 7.73. The first kappa shape index (κ1) is 7.88. The van der Waals surface area contributed by atoms with E-state index < -0.39 is 0 Å². The van der Waals surface area contributed by atoms with E-state index in [0.717, 1.165) is 12.5 Å². The molecule has 2 heteroatoms. The smallest absolute Gasteiger partial charge is 0.0810 e. The summed E-state index contributed by atoms with van der Waals surface area (Å²) >= 11 is 5.92. The molecule has 64 valence electrons. The summed E-state index contributed by atoms with van der Waals surface area (Å²) in [6.45, 7) is 0.998. The number of rotatable bonds is 4. The summed E-state index contributed by atoms with van der Waals surface area (Å²) < 4.78 is 5.17. The van der Waals surface area contributed by atoms with Crippen LogP contribution in [-0.4, -0.2) is 18.6 Å². The molecule has 0 radical (unpaired) electrons. The molecule has 1 nitrogen and oxygen atoms in total. The van der Waals surface area contributed by atoms with E-state index in [9.17, 15) is 0 Å². The lowest BCUT2D eigenvalue weighted by Crippen LogP contribution is -2.31. The molecule has 1 saturated heterocycles. The zero-order valence-corrected chi connectivity index (χ0v) is 7.57. The third-order valence-electron chi connectivity index (χ3n) is 3.10. The number of ether oxygens (including phenoxy) is 1. The number of alkyl halides is 1. The van der Waals surface area contributed by atoms with E-state index >= 15 is 0 Å². The van der Waals surface area contributed by atoms with Gasteiger partial charge >= 0.3 is 0 Å². The van der Waals surface area contributed by atoms with Gasteiger partial charge in [-0.2, -0.15) is 0 Å². The van der Waals surface area contributed by atoms with E-state index in [2.05, 4.69) is 0 Å². The fraction of sp³-hybridized carbons (Fsp3) is 1.00. The van der Waals surface area contributed by atoms with Gasteiger partial charge in [0.2, 0.25) is 0 Å². The molecule has 1 aliphatic carbocycles. The van der Waals surface area contributed by atoms with Crippen LogP contribution in [0.25, 0.3) is 0 Å². The van der Waals surface area contributed by atoms with Crippen LogP contribution in [0.2, 0.25) is 0 Å². The monoisotopic (exact) mass is 174 g/mol. The van der Waals surface area contributed by atoms with Crippen molar-refractivity contribution >= 4 is 11.6 Å². The Morgan fingerprint density at radius 2 is 2.18 bits per heavy atom. The molecule has 2 fully saturated rings. The molecule has 1 saturated carbocycles. The van der Waals surface area contributed by atoms with E-state index in [1.807, 2.05) is 0 Å². The molecule has 0 amide bonds. The Balaban J connectivity index is 1.72. The van der Waals surface area contributed by atoms with Gasteiger partial charge in [-0.05, 0) is 31.1 Å². The van der Waals surface area contributed by atoms with Crippen LogP contribution in [0.1, 0.15) is 32.1 Å². The molecular weight excluding hydrogens is 160 g/mol. The van der Waals surface area contributed by atoms with Gasteiger partial charge < -0.3 is 4.74 Å². The van der Waals surface area contributed by atoms with Gasteiger partial charge in [0.05, 0.1) is 12.7 Å². The molecule has 11 heavy (non-hydrogen) atoms. The Morgan fingerprint density at radius 3 is 2.55 bits per heavy atom. The maximum atomic E-state index is 5.92.